The van der Waals surface area contributed by atoms with Gasteiger partial charge in [-0.25, -0.2) is 9.78 Å². The van der Waals surface area contributed by atoms with E-state index in [1.807, 2.05) is 40.7 Å². The maximum absolute atomic E-state index is 12.6. The average molecular weight is 566 g/mol. The number of halogens is 1. The normalized spacial score (nSPS) is 14.7. The van der Waals surface area contributed by atoms with Gasteiger partial charge in [0.05, 0.1) is 10.3 Å². The summed E-state index contributed by atoms with van der Waals surface area (Å²) in [6.45, 7) is 17.8. The maximum Gasteiger partial charge on any atom is 0.410 e. The zero-order chi connectivity index (χ0) is 28.4. The summed E-state index contributed by atoms with van der Waals surface area (Å²) in [6.07, 6.45) is 3.34. The van der Waals surface area contributed by atoms with Crippen LogP contribution < -0.4 is 5.32 Å². The predicted octanol–water partition coefficient (Wildman–Crippen LogP) is 6.75. The smallest absolute Gasteiger partial charge is 0.410 e. The van der Waals surface area contributed by atoms with Gasteiger partial charge in [0, 0.05) is 39.4 Å². The molecule has 210 valence electrons. The van der Waals surface area contributed by atoms with Gasteiger partial charge in [-0.3, -0.25) is 14.7 Å². The number of anilines is 1. The van der Waals surface area contributed by atoms with Crippen LogP contribution in [0, 0.1) is 10.1 Å². The van der Waals surface area contributed by atoms with E-state index in [4.69, 9.17) is 21.1 Å². The Morgan fingerprint density at radius 3 is 2.53 bits per heavy atom. The highest BCUT2D eigenvalue weighted by Gasteiger charge is 2.31. The molecule has 0 atom stereocenters. The molecule has 0 bridgehead atoms. The first-order valence-corrected chi connectivity index (χ1v) is 17.0. The molecule has 1 N–H and O–H groups in total. The van der Waals surface area contributed by atoms with Crippen molar-refractivity contribution in [1.29, 1.82) is 0 Å². The number of fused-ring (bicyclic) bond motifs is 1. The SMILES string of the molecule is CC(C)Nc1c([N+](=O)[O-])cnc2c1c(C1=CCN(C(=O)OC(C)(C)C)CC1)c(Cl)n2COCC[Si](C)(C)C. The van der Waals surface area contributed by atoms with E-state index < -0.39 is 18.6 Å². The second kappa shape index (κ2) is 11.6. The molecule has 12 heteroatoms. The quantitative estimate of drug-likeness (QED) is 0.155. The standard InChI is InChI=1S/C26H40ClN5O5Si/c1-17(2)29-22-19(32(34)35)15-28-24-21(22)20(23(27)31(24)16-36-13-14-38(6,7)8)18-9-11-30(12-10-18)25(33)37-26(3,4)5/h9,15,17H,10-14,16H2,1-8H3,(H,28,29). The second-order valence-corrected chi connectivity index (χ2v) is 18.1. The zero-order valence-electron chi connectivity index (χ0n) is 23.7. The first kappa shape index (κ1) is 29.9. The Balaban J connectivity index is 2.08. The van der Waals surface area contributed by atoms with Gasteiger partial charge in [0.2, 0.25) is 0 Å². The molecule has 0 spiro atoms. The molecule has 0 radical (unpaired) electrons. The van der Waals surface area contributed by atoms with Gasteiger partial charge in [-0.05, 0) is 52.7 Å². The Bertz CT molecular complexity index is 1230. The van der Waals surface area contributed by atoms with Crippen LogP contribution >= 0.6 is 11.6 Å². The number of hydrogen-bond donors (Lipinski definition) is 1. The van der Waals surface area contributed by atoms with Crippen molar-refractivity contribution in [1.82, 2.24) is 14.5 Å². The van der Waals surface area contributed by atoms with Crippen LogP contribution in [0.3, 0.4) is 0 Å². The molecule has 2 aromatic heterocycles. The summed E-state index contributed by atoms with van der Waals surface area (Å²) in [4.78, 5) is 30.2. The van der Waals surface area contributed by atoms with Crippen molar-refractivity contribution in [3.05, 3.63) is 33.1 Å². The average Bonchev–Trinajstić information content (AvgIpc) is 3.06. The number of amides is 1. The number of nitrogens with zero attached hydrogens (tertiary/aromatic N) is 4. The minimum atomic E-state index is -1.28. The van der Waals surface area contributed by atoms with Crippen LogP contribution in [-0.4, -0.2) is 64.9 Å². The first-order valence-electron chi connectivity index (χ1n) is 13.0. The number of rotatable bonds is 9. The minimum Gasteiger partial charge on any atom is -0.444 e. The van der Waals surface area contributed by atoms with Gasteiger partial charge in [-0.15, -0.1) is 0 Å². The molecule has 1 amide bonds. The van der Waals surface area contributed by atoms with E-state index >= 15 is 0 Å². The number of hydrogen-bond acceptors (Lipinski definition) is 7. The minimum absolute atomic E-state index is 0.0646. The summed E-state index contributed by atoms with van der Waals surface area (Å²) in [5, 5.41) is 16.2. The topological polar surface area (TPSA) is 112 Å². The maximum atomic E-state index is 12.6. The van der Waals surface area contributed by atoms with Gasteiger partial charge in [-0.2, -0.15) is 0 Å². The van der Waals surface area contributed by atoms with Gasteiger partial charge in [0.15, 0.2) is 0 Å². The Hall–Kier alpha value is -2.63. The highest BCUT2D eigenvalue weighted by molar-refractivity contribution is 6.76. The van der Waals surface area contributed by atoms with E-state index in [0.29, 0.717) is 53.6 Å². The van der Waals surface area contributed by atoms with Gasteiger partial charge < -0.3 is 19.7 Å². The number of carbonyl (C=O) groups excluding carboxylic acids is 1. The summed E-state index contributed by atoms with van der Waals surface area (Å²) in [5.41, 5.74) is 1.77. The molecule has 0 aromatic carbocycles. The fourth-order valence-electron chi connectivity index (χ4n) is 4.17. The molecule has 1 aliphatic rings. The number of aromatic nitrogens is 2. The third kappa shape index (κ3) is 7.26. The van der Waals surface area contributed by atoms with E-state index in [-0.39, 0.29) is 24.6 Å². The molecule has 0 saturated carbocycles. The van der Waals surface area contributed by atoms with Crippen molar-refractivity contribution in [3.8, 4) is 0 Å². The number of pyridine rings is 1. The molecule has 3 heterocycles. The lowest BCUT2D eigenvalue weighted by molar-refractivity contribution is -0.384. The van der Waals surface area contributed by atoms with Crippen molar-refractivity contribution < 1.29 is 19.2 Å². The van der Waals surface area contributed by atoms with Gasteiger partial charge in [0.1, 0.15) is 35.0 Å². The third-order valence-electron chi connectivity index (χ3n) is 6.02. The number of ether oxygens (including phenoxy) is 2. The molecule has 1 aliphatic heterocycles. The van der Waals surface area contributed by atoms with Gasteiger partial charge in [0.25, 0.3) is 0 Å². The number of nitro groups is 1. The Labute approximate surface area is 230 Å². The summed E-state index contributed by atoms with van der Waals surface area (Å²) < 4.78 is 13.3. The third-order valence-corrected chi connectivity index (χ3v) is 8.11. The van der Waals surface area contributed by atoms with Crippen LogP contribution in [0.25, 0.3) is 16.6 Å². The van der Waals surface area contributed by atoms with Crippen LogP contribution in [0.15, 0.2) is 12.3 Å². The second-order valence-electron chi connectivity index (χ2n) is 12.1. The molecule has 3 rings (SSSR count). The van der Waals surface area contributed by atoms with Crippen molar-refractivity contribution in [3.63, 3.8) is 0 Å². The number of nitrogens with one attached hydrogen (secondary N) is 1. The van der Waals surface area contributed by atoms with E-state index in [1.54, 1.807) is 9.47 Å². The Morgan fingerprint density at radius 1 is 1.32 bits per heavy atom. The highest BCUT2D eigenvalue weighted by atomic mass is 35.5. The van der Waals surface area contributed by atoms with E-state index in [9.17, 15) is 14.9 Å². The van der Waals surface area contributed by atoms with Crippen molar-refractivity contribution in [2.45, 2.75) is 85.1 Å². The molecule has 2 aromatic rings. The molecule has 38 heavy (non-hydrogen) atoms. The molecular weight excluding hydrogens is 526 g/mol. The Morgan fingerprint density at radius 2 is 2.00 bits per heavy atom. The van der Waals surface area contributed by atoms with Gasteiger partial charge in [-0.1, -0.05) is 37.3 Å². The summed E-state index contributed by atoms with van der Waals surface area (Å²) in [6, 6.07) is 0.937. The van der Waals surface area contributed by atoms with Crippen LogP contribution in [0.5, 0.6) is 0 Å². The van der Waals surface area contributed by atoms with Crippen molar-refractivity contribution in [2.75, 3.05) is 25.0 Å². The zero-order valence-corrected chi connectivity index (χ0v) is 25.4. The van der Waals surface area contributed by atoms with Crippen LogP contribution in [0.4, 0.5) is 16.2 Å². The molecule has 0 saturated heterocycles. The fraction of sp³-hybridized carbons (Fsp3) is 0.615. The number of carbonyl (C=O) groups is 1. The fourth-order valence-corrected chi connectivity index (χ4v) is 5.27. The van der Waals surface area contributed by atoms with E-state index in [2.05, 4.69) is 29.9 Å². The lowest BCUT2D eigenvalue weighted by Gasteiger charge is -2.29. The molecule has 0 unspecified atom stereocenters. The van der Waals surface area contributed by atoms with Crippen molar-refractivity contribution >= 4 is 53.7 Å². The van der Waals surface area contributed by atoms with Crippen molar-refractivity contribution in [2.24, 2.45) is 0 Å². The summed E-state index contributed by atoms with van der Waals surface area (Å²) in [5.74, 6) is 0. The summed E-state index contributed by atoms with van der Waals surface area (Å²) in [7, 11) is -1.28. The molecule has 10 nitrogen and oxygen atoms in total. The molecular formula is C26H40ClN5O5Si. The lowest BCUT2D eigenvalue weighted by atomic mass is 9.98. The van der Waals surface area contributed by atoms with E-state index in [0.717, 1.165) is 11.6 Å². The monoisotopic (exact) mass is 565 g/mol. The van der Waals surface area contributed by atoms with Crippen LogP contribution in [0.2, 0.25) is 30.8 Å². The van der Waals surface area contributed by atoms with Crippen LogP contribution in [-0.2, 0) is 16.2 Å². The molecule has 0 aliphatic carbocycles. The lowest BCUT2D eigenvalue weighted by Crippen LogP contribution is -2.39. The van der Waals surface area contributed by atoms with Crippen LogP contribution in [0.1, 0.15) is 46.6 Å². The van der Waals surface area contributed by atoms with E-state index in [1.165, 1.54) is 6.20 Å². The molecule has 0 fully saturated rings. The largest absolute Gasteiger partial charge is 0.444 e. The Kier molecular flexibility index (Phi) is 9.15. The first-order chi connectivity index (χ1) is 17.6. The predicted molar refractivity (Wildman–Crippen MR) is 155 cm³/mol. The highest BCUT2D eigenvalue weighted by Crippen LogP contribution is 2.43. The van der Waals surface area contributed by atoms with Gasteiger partial charge >= 0.3 is 11.8 Å². The summed E-state index contributed by atoms with van der Waals surface area (Å²) >= 11 is 6.99.